The summed E-state index contributed by atoms with van der Waals surface area (Å²) in [4.78, 5) is 4.53. The molecular weight excluding hydrogens is 423 g/mol. The Kier molecular flexibility index (Phi) is 7.04. The van der Waals surface area contributed by atoms with Gasteiger partial charge < -0.3 is 28.5 Å². The molecule has 33 heavy (non-hydrogen) atoms. The molecule has 3 aromatic rings. The van der Waals surface area contributed by atoms with E-state index in [1.807, 2.05) is 44.9 Å². The highest BCUT2D eigenvalue weighted by molar-refractivity contribution is 6.66. The third-order valence-electron chi connectivity index (χ3n) is 5.92. The summed E-state index contributed by atoms with van der Waals surface area (Å²) in [5.41, 5.74) is 0.735. The summed E-state index contributed by atoms with van der Waals surface area (Å²) in [6, 6.07) is 11.2. The van der Waals surface area contributed by atoms with E-state index in [-0.39, 0.29) is 6.92 Å². The number of hydrogen-bond donors (Lipinski definition) is 1. The van der Waals surface area contributed by atoms with Crippen molar-refractivity contribution in [2.24, 2.45) is 0 Å². The molecule has 8 nitrogen and oxygen atoms in total. The van der Waals surface area contributed by atoms with E-state index in [1.165, 1.54) is 0 Å². The van der Waals surface area contributed by atoms with Crippen LogP contribution in [-0.2, 0) is 4.65 Å². The standard InChI is InChI=1S/C24H31BN2O6/c1-23(2,28)24(3,4)33-25(5)17-11-9-15(10-12-17)21-26-22(32-27-21)16-13-18(29-6)20(31-8)19(14-16)30-7/h9-14,28H,1-8H3. The van der Waals surface area contributed by atoms with Gasteiger partial charge in [-0.25, -0.2) is 0 Å². The average molecular weight is 454 g/mol. The van der Waals surface area contributed by atoms with Gasteiger partial charge in [0.25, 0.3) is 5.89 Å². The highest BCUT2D eigenvalue weighted by Crippen LogP contribution is 2.41. The third-order valence-corrected chi connectivity index (χ3v) is 5.92. The molecule has 1 heterocycles. The summed E-state index contributed by atoms with van der Waals surface area (Å²) in [6.45, 7) is 8.99. The molecule has 0 saturated carbocycles. The zero-order chi connectivity index (χ0) is 24.4. The molecule has 1 N–H and O–H groups in total. The van der Waals surface area contributed by atoms with Gasteiger partial charge >= 0.3 is 6.92 Å². The molecule has 0 bridgehead atoms. The molecule has 0 atom stereocenters. The predicted molar refractivity (Wildman–Crippen MR) is 128 cm³/mol. The fourth-order valence-electron chi connectivity index (χ4n) is 3.22. The minimum atomic E-state index is -0.977. The van der Waals surface area contributed by atoms with Crippen LogP contribution in [0.4, 0.5) is 0 Å². The van der Waals surface area contributed by atoms with Gasteiger partial charge in [0.1, 0.15) is 0 Å². The monoisotopic (exact) mass is 454 g/mol. The lowest BCUT2D eigenvalue weighted by molar-refractivity contribution is -0.0918. The number of benzene rings is 2. The lowest BCUT2D eigenvalue weighted by atomic mass is 9.62. The molecule has 3 rings (SSSR count). The minimum absolute atomic E-state index is 0.208. The summed E-state index contributed by atoms with van der Waals surface area (Å²) in [6.07, 6.45) is 0. The zero-order valence-corrected chi connectivity index (χ0v) is 20.4. The van der Waals surface area contributed by atoms with Crippen LogP contribution in [0.2, 0.25) is 6.82 Å². The maximum Gasteiger partial charge on any atom is 0.324 e. The van der Waals surface area contributed by atoms with Gasteiger partial charge in [0.2, 0.25) is 11.6 Å². The molecule has 0 spiro atoms. The second kappa shape index (κ2) is 9.45. The molecule has 0 aliphatic carbocycles. The smallest absolute Gasteiger partial charge is 0.324 e. The Morgan fingerprint density at radius 3 is 1.94 bits per heavy atom. The highest BCUT2D eigenvalue weighted by atomic mass is 16.5. The van der Waals surface area contributed by atoms with Crippen molar-refractivity contribution in [2.75, 3.05) is 21.3 Å². The minimum Gasteiger partial charge on any atom is -0.493 e. The molecule has 0 amide bonds. The van der Waals surface area contributed by atoms with Crippen molar-refractivity contribution in [1.29, 1.82) is 0 Å². The first-order valence-corrected chi connectivity index (χ1v) is 10.7. The largest absolute Gasteiger partial charge is 0.493 e. The van der Waals surface area contributed by atoms with E-state index in [1.54, 1.807) is 47.3 Å². The van der Waals surface area contributed by atoms with Crippen LogP contribution in [0.1, 0.15) is 27.7 Å². The van der Waals surface area contributed by atoms with Crippen LogP contribution in [0, 0.1) is 0 Å². The zero-order valence-electron chi connectivity index (χ0n) is 20.4. The summed E-state index contributed by atoms with van der Waals surface area (Å²) >= 11 is 0. The van der Waals surface area contributed by atoms with Crippen LogP contribution in [0.5, 0.6) is 17.2 Å². The van der Waals surface area contributed by atoms with Crippen molar-refractivity contribution in [3.63, 3.8) is 0 Å². The van der Waals surface area contributed by atoms with Gasteiger partial charge in [-0.15, -0.1) is 0 Å². The normalized spacial score (nSPS) is 11.9. The van der Waals surface area contributed by atoms with Crippen LogP contribution in [0.3, 0.4) is 0 Å². The summed E-state index contributed by atoms with van der Waals surface area (Å²) < 4.78 is 27.8. The van der Waals surface area contributed by atoms with Crippen LogP contribution in [-0.4, -0.2) is 54.7 Å². The topological polar surface area (TPSA) is 96.1 Å². The Bertz CT molecular complexity index is 1060. The fourth-order valence-corrected chi connectivity index (χ4v) is 3.22. The van der Waals surface area contributed by atoms with E-state index in [0.29, 0.717) is 34.5 Å². The van der Waals surface area contributed by atoms with Crippen molar-refractivity contribution in [2.45, 2.75) is 45.7 Å². The van der Waals surface area contributed by atoms with E-state index in [0.717, 1.165) is 11.0 Å². The number of rotatable bonds is 9. The number of hydrogen-bond acceptors (Lipinski definition) is 8. The van der Waals surface area contributed by atoms with Crippen molar-refractivity contribution in [1.82, 2.24) is 10.1 Å². The first-order chi connectivity index (χ1) is 15.5. The molecule has 9 heteroatoms. The van der Waals surface area contributed by atoms with E-state index >= 15 is 0 Å². The Hall–Kier alpha value is -3.04. The van der Waals surface area contributed by atoms with Crippen LogP contribution >= 0.6 is 0 Å². The maximum atomic E-state index is 10.4. The third kappa shape index (κ3) is 5.15. The Labute approximate surface area is 194 Å². The van der Waals surface area contributed by atoms with E-state index < -0.39 is 11.2 Å². The van der Waals surface area contributed by atoms with Crippen LogP contribution in [0.25, 0.3) is 22.8 Å². The molecule has 1 aromatic heterocycles. The highest BCUT2D eigenvalue weighted by Gasteiger charge is 2.38. The molecule has 0 aliphatic heterocycles. The number of aromatic nitrogens is 2. The summed E-state index contributed by atoms with van der Waals surface area (Å²) in [5.74, 6) is 2.27. The van der Waals surface area contributed by atoms with Crippen LogP contribution in [0.15, 0.2) is 40.9 Å². The second-order valence-corrected chi connectivity index (χ2v) is 8.79. The lowest BCUT2D eigenvalue weighted by Gasteiger charge is -2.39. The van der Waals surface area contributed by atoms with Crippen molar-refractivity contribution >= 4 is 12.4 Å². The summed E-state index contributed by atoms with van der Waals surface area (Å²) in [5, 5.41) is 14.5. The fraction of sp³-hybridized carbons (Fsp3) is 0.417. The lowest BCUT2D eigenvalue weighted by Crippen LogP contribution is -2.52. The average Bonchev–Trinajstić information content (AvgIpc) is 3.27. The van der Waals surface area contributed by atoms with Gasteiger partial charge in [-0.1, -0.05) is 36.2 Å². The number of nitrogens with zero attached hydrogens (tertiary/aromatic N) is 2. The first-order valence-electron chi connectivity index (χ1n) is 10.7. The van der Waals surface area contributed by atoms with Gasteiger partial charge in [-0.05, 0) is 45.3 Å². The molecule has 0 fully saturated rings. The SMILES string of the molecule is COc1cc(-c2nc(-c3ccc(B(C)OC(C)(C)C(C)(C)O)cc3)no2)cc(OC)c1OC. The number of ether oxygens (including phenoxy) is 3. The van der Waals surface area contributed by atoms with E-state index in [4.69, 9.17) is 23.4 Å². The molecule has 0 saturated heterocycles. The van der Waals surface area contributed by atoms with Crippen molar-refractivity contribution in [3.8, 4) is 40.1 Å². The van der Waals surface area contributed by atoms with Gasteiger partial charge in [-0.3, -0.25) is 0 Å². The molecule has 0 aliphatic rings. The van der Waals surface area contributed by atoms with Gasteiger partial charge in [0.15, 0.2) is 11.5 Å². The Balaban J connectivity index is 1.83. The van der Waals surface area contributed by atoms with Gasteiger partial charge in [0, 0.05) is 11.1 Å². The van der Waals surface area contributed by atoms with Crippen molar-refractivity contribution in [3.05, 3.63) is 36.4 Å². The molecule has 0 radical (unpaired) electrons. The van der Waals surface area contributed by atoms with E-state index in [2.05, 4.69) is 10.1 Å². The number of aliphatic hydroxyl groups is 1. The Morgan fingerprint density at radius 2 is 1.45 bits per heavy atom. The van der Waals surface area contributed by atoms with Gasteiger partial charge in [0.05, 0.1) is 32.5 Å². The van der Waals surface area contributed by atoms with Crippen molar-refractivity contribution < 1.29 is 28.5 Å². The molecule has 2 aromatic carbocycles. The molecule has 0 unspecified atom stereocenters. The number of methoxy groups -OCH3 is 3. The van der Waals surface area contributed by atoms with Crippen LogP contribution < -0.4 is 19.7 Å². The maximum absolute atomic E-state index is 10.4. The molecule has 176 valence electrons. The molecular formula is C24H31BN2O6. The Morgan fingerprint density at radius 1 is 0.879 bits per heavy atom. The predicted octanol–water partition coefficient (Wildman–Crippen LogP) is 3.82. The summed E-state index contributed by atoms with van der Waals surface area (Å²) in [7, 11) is 4.65. The van der Waals surface area contributed by atoms with Gasteiger partial charge in [-0.2, -0.15) is 4.98 Å². The first kappa shape index (κ1) is 24.6. The van der Waals surface area contributed by atoms with E-state index in [9.17, 15) is 5.11 Å². The second-order valence-electron chi connectivity index (χ2n) is 8.79. The quantitative estimate of drug-likeness (QED) is 0.488.